The maximum atomic E-state index is 14.3. The summed E-state index contributed by atoms with van der Waals surface area (Å²) >= 11 is 0. The molecule has 0 spiro atoms. The largest absolute Gasteiger partial charge is 0.279 e. The molecule has 4 heteroatoms. The third kappa shape index (κ3) is 3.41. The Morgan fingerprint density at radius 3 is 2.43 bits per heavy atom. The van der Waals surface area contributed by atoms with E-state index in [1.807, 2.05) is 0 Å². The molecule has 21 heavy (non-hydrogen) atoms. The second kappa shape index (κ2) is 6.80. The molecular formula is C17H22F4. The average Bonchev–Trinajstić information content (AvgIpc) is 2.70. The molecule has 1 atom stereocenters. The van der Waals surface area contributed by atoms with Gasteiger partial charge < -0.3 is 0 Å². The monoisotopic (exact) mass is 302 g/mol. The highest BCUT2D eigenvalue weighted by Crippen LogP contribution is 2.49. The Bertz CT molecular complexity index is 482. The Morgan fingerprint density at radius 1 is 1.05 bits per heavy atom. The predicted molar refractivity (Wildman–Crippen MR) is 75.4 cm³/mol. The number of rotatable bonds is 7. The molecule has 1 aromatic rings. The van der Waals surface area contributed by atoms with Gasteiger partial charge in [-0.05, 0) is 24.5 Å². The number of fused-ring (bicyclic) bond motifs is 1. The van der Waals surface area contributed by atoms with Gasteiger partial charge in [0.05, 0.1) is 5.56 Å². The summed E-state index contributed by atoms with van der Waals surface area (Å²) in [5.41, 5.74) is -0.451. The molecule has 1 aliphatic rings. The van der Waals surface area contributed by atoms with Crippen molar-refractivity contribution < 1.29 is 17.6 Å². The Kier molecular flexibility index (Phi) is 5.28. The van der Waals surface area contributed by atoms with Gasteiger partial charge in [0.1, 0.15) is 0 Å². The summed E-state index contributed by atoms with van der Waals surface area (Å²) in [5.74, 6) is -6.70. The van der Waals surface area contributed by atoms with Gasteiger partial charge in [0.2, 0.25) is 0 Å². The van der Waals surface area contributed by atoms with Crippen LogP contribution >= 0.6 is 0 Å². The predicted octanol–water partition coefficient (Wildman–Crippen LogP) is 5.98. The summed E-state index contributed by atoms with van der Waals surface area (Å²) in [6.07, 6.45) is 6.70. The highest BCUT2D eigenvalue weighted by Gasteiger charge is 2.50. The van der Waals surface area contributed by atoms with Gasteiger partial charge in [-0.25, -0.2) is 17.6 Å². The topological polar surface area (TPSA) is 0 Å². The fourth-order valence-corrected chi connectivity index (χ4v) is 3.17. The first-order chi connectivity index (χ1) is 9.98. The number of hydrogen-bond donors (Lipinski definition) is 0. The molecule has 0 N–H and O–H groups in total. The number of alkyl halides is 2. The molecule has 0 amide bonds. The van der Waals surface area contributed by atoms with Crippen LogP contribution in [0.2, 0.25) is 0 Å². The van der Waals surface area contributed by atoms with Crippen molar-refractivity contribution >= 4 is 0 Å². The van der Waals surface area contributed by atoms with Crippen LogP contribution in [-0.2, 0) is 12.3 Å². The average molecular weight is 302 g/mol. The second-order valence-corrected chi connectivity index (χ2v) is 5.98. The minimum absolute atomic E-state index is 0.147. The Morgan fingerprint density at radius 2 is 1.71 bits per heavy atom. The summed E-state index contributed by atoms with van der Waals surface area (Å²) in [4.78, 5) is 0. The van der Waals surface area contributed by atoms with Gasteiger partial charge in [0, 0.05) is 5.92 Å². The molecule has 2 rings (SSSR count). The molecule has 0 saturated carbocycles. The summed E-state index contributed by atoms with van der Waals surface area (Å²) in [6.45, 7) is 2.13. The van der Waals surface area contributed by atoms with E-state index in [0.717, 1.165) is 38.2 Å². The highest BCUT2D eigenvalue weighted by molar-refractivity contribution is 5.38. The van der Waals surface area contributed by atoms with E-state index >= 15 is 0 Å². The molecule has 1 aromatic carbocycles. The zero-order chi connectivity index (χ0) is 15.5. The molecule has 118 valence electrons. The number of hydrogen-bond acceptors (Lipinski definition) is 0. The van der Waals surface area contributed by atoms with E-state index in [4.69, 9.17) is 0 Å². The quantitative estimate of drug-likeness (QED) is 0.429. The fourth-order valence-electron chi connectivity index (χ4n) is 3.17. The zero-order valence-corrected chi connectivity index (χ0v) is 12.4. The van der Waals surface area contributed by atoms with Crippen molar-refractivity contribution in [1.82, 2.24) is 0 Å². The van der Waals surface area contributed by atoms with Gasteiger partial charge in [0.15, 0.2) is 11.6 Å². The lowest BCUT2D eigenvalue weighted by Gasteiger charge is -2.20. The molecule has 0 radical (unpaired) electrons. The normalized spacial score (nSPS) is 19.8. The van der Waals surface area contributed by atoms with Gasteiger partial charge in [0.25, 0.3) is 5.92 Å². The van der Waals surface area contributed by atoms with Gasteiger partial charge in [-0.2, -0.15) is 0 Å². The van der Waals surface area contributed by atoms with Crippen molar-refractivity contribution in [3.63, 3.8) is 0 Å². The molecule has 0 aliphatic heterocycles. The van der Waals surface area contributed by atoms with Crippen molar-refractivity contribution in [2.75, 3.05) is 0 Å². The molecule has 0 aromatic heterocycles. The summed E-state index contributed by atoms with van der Waals surface area (Å²) in [7, 11) is 0. The number of halogens is 4. The highest BCUT2D eigenvalue weighted by atomic mass is 19.3. The van der Waals surface area contributed by atoms with Gasteiger partial charge in [-0.3, -0.25) is 0 Å². The van der Waals surface area contributed by atoms with E-state index in [0.29, 0.717) is 6.42 Å². The van der Waals surface area contributed by atoms with Crippen molar-refractivity contribution in [3.05, 3.63) is 34.9 Å². The Labute approximate surface area is 123 Å². The van der Waals surface area contributed by atoms with Crippen molar-refractivity contribution in [2.24, 2.45) is 5.92 Å². The molecule has 1 unspecified atom stereocenters. The van der Waals surface area contributed by atoms with Crippen LogP contribution in [0.5, 0.6) is 0 Å². The summed E-state index contributed by atoms with van der Waals surface area (Å²) in [5, 5.41) is 0. The smallest absolute Gasteiger partial charge is 0.204 e. The minimum Gasteiger partial charge on any atom is -0.204 e. The van der Waals surface area contributed by atoms with E-state index in [9.17, 15) is 17.6 Å². The molecule has 0 fully saturated rings. The Balaban J connectivity index is 1.94. The van der Waals surface area contributed by atoms with Gasteiger partial charge >= 0.3 is 0 Å². The second-order valence-electron chi connectivity index (χ2n) is 5.98. The van der Waals surface area contributed by atoms with Crippen molar-refractivity contribution in [2.45, 2.75) is 64.2 Å². The SMILES string of the molecule is CCCCCCCCC1Cc2ccc(F)c(F)c2C1(F)F. The standard InChI is InChI=1S/C17H22F4/c1-2-3-4-5-6-7-8-13-11-12-9-10-14(18)16(19)15(12)17(13,20)21/h9-10,13H,2-8,11H2,1H3. The number of unbranched alkanes of at least 4 members (excludes halogenated alkanes) is 5. The first-order valence-electron chi connectivity index (χ1n) is 7.83. The van der Waals surface area contributed by atoms with Crippen LogP contribution in [0.15, 0.2) is 12.1 Å². The summed E-state index contributed by atoms with van der Waals surface area (Å²) < 4.78 is 55.3. The third-order valence-corrected chi connectivity index (χ3v) is 4.40. The molecular weight excluding hydrogens is 280 g/mol. The Hall–Kier alpha value is -1.06. The zero-order valence-electron chi connectivity index (χ0n) is 12.4. The van der Waals surface area contributed by atoms with Crippen molar-refractivity contribution in [3.8, 4) is 0 Å². The van der Waals surface area contributed by atoms with Crippen LogP contribution < -0.4 is 0 Å². The van der Waals surface area contributed by atoms with Gasteiger partial charge in [-0.15, -0.1) is 0 Å². The fraction of sp³-hybridized carbons (Fsp3) is 0.647. The van der Waals surface area contributed by atoms with Crippen molar-refractivity contribution in [1.29, 1.82) is 0 Å². The van der Waals surface area contributed by atoms with E-state index in [2.05, 4.69) is 6.92 Å². The first kappa shape index (κ1) is 16.3. The van der Waals surface area contributed by atoms with E-state index in [1.165, 1.54) is 12.5 Å². The molecule has 0 bridgehead atoms. The number of benzene rings is 1. The third-order valence-electron chi connectivity index (χ3n) is 4.40. The lowest BCUT2D eigenvalue weighted by atomic mass is 9.94. The molecule has 0 saturated heterocycles. The summed E-state index contributed by atoms with van der Waals surface area (Å²) in [6, 6.07) is 2.24. The minimum atomic E-state index is -3.25. The van der Waals surface area contributed by atoms with Crippen LogP contribution in [0.4, 0.5) is 17.6 Å². The van der Waals surface area contributed by atoms with Gasteiger partial charge in [-0.1, -0.05) is 51.5 Å². The van der Waals surface area contributed by atoms with Crippen LogP contribution in [0, 0.1) is 17.6 Å². The lowest BCUT2D eigenvalue weighted by molar-refractivity contribution is -0.0586. The molecule has 0 nitrogen and oxygen atoms in total. The van der Waals surface area contributed by atoms with Crippen LogP contribution in [0.25, 0.3) is 0 Å². The molecule has 0 heterocycles. The molecule has 1 aliphatic carbocycles. The van der Waals surface area contributed by atoms with Crippen LogP contribution in [-0.4, -0.2) is 0 Å². The van der Waals surface area contributed by atoms with E-state index in [-0.39, 0.29) is 12.0 Å². The maximum Gasteiger partial charge on any atom is 0.279 e. The van der Waals surface area contributed by atoms with E-state index in [1.54, 1.807) is 0 Å². The lowest BCUT2D eigenvalue weighted by Crippen LogP contribution is -2.22. The maximum absolute atomic E-state index is 14.3. The first-order valence-corrected chi connectivity index (χ1v) is 7.83. The van der Waals surface area contributed by atoms with E-state index < -0.39 is 29.0 Å². The van der Waals surface area contributed by atoms with Crippen LogP contribution in [0.1, 0.15) is 63.0 Å². The van der Waals surface area contributed by atoms with Crippen LogP contribution in [0.3, 0.4) is 0 Å².